The quantitative estimate of drug-likeness (QED) is 0.850. The van der Waals surface area contributed by atoms with Gasteiger partial charge in [-0.25, -0.2) is 0 Å². The maximum atomic E-state index is 11.8. The van der Waals surface area contributed by atoms with Crippen molar-refractivity contribution >= 4 is 17.8 Å². The molecule has 0 saturated carbocycles. The van der Waals surface area contributed by atoms with Crippen LogP contribution in [0.1, 0.15) is 32.9 Å². The van der Waals surface area contributed by atoms with E-state index in [1.54, 1.807) is 6.07 Å². The van der Waals surface area contributed by atoms with Crippen LogP contribution in [0.25, 0.3) is 0 Å². The van der Waals surface area contributed by atoms with Gasteiger partial charge in [-0.1, -0.05) is 25.9 Å². The fourth-order valence-corrected chi connectivity index (χ4v) is 2.25. The normalized spacial score (nSPS) is 16.5. The van der Waals surface area contributed by atoms with Gasteiger partial charge in [-0.05, 0) is 5.92 Å². The van der Waals surface area contributed by atoms with Crippen molar-refractivity contribution < 1.29 is 19.2 Å². The van der Waals surface area contributed by atoms with Crippen LogP contribution in [0.15, 0.2) is 10.6 Å². The van der Waals surface area contributed by atoms with E-state index in [0.717, 1.165) is 5.69 Å². The molecule has 0 bridgehead atoms. The number of carbonyl (C=O) groups is 2. The van der Waals surface area contributed by atoms with E-state index in [-0.39, 0.29) is 30.2 Å². The fourth-order valence-electron chi connectivity index (χ4n) is 2.25. The number of carboxylic acid groups (broad SMARTS) is 1. The standard InChI is InChI=1S/C14H21N3O4/c1-14(2,3)10-5-12(21-16-10)15-11(18)8-17-6-9(7-17)4-13(19)20/h5,9H,4,6-8H2,1-3H3,(H,15,18)(H,19,20). The Morgan fingerprint density at radius 3 is 2.67 bits per heavy atom. The molecule has 1 amide bonds. The van der Waals surface area contributed by atoms with Gasteiger partial charge in [0.2, 0.25) is 11.8 Å². The van der Waals surface area contributed by atoms with Crippen LogP contribution < -0.4 is 5.32 Å². The molecular weight excluding hydrogens is 274 g/mol. The third-order valence-electron chi connectivity index (χ3n) is 3.40. The highest BCUT2D eigenvalue weighted by molar-refractivity contribution is 5.91. The van der Waals surface area contributed by atoms with Crippen molar-refractivity contribution in [1.82, 2.24) is 10.1 Å². The molecule has 7 heteroatoms. The smallest absolute Gasteiger partial charge is 0.303 e. The van der Waals surface area contributed by atoms with E-state index < -0.39 is 5.97 Å². The van der Waals surface area contributed by atoms with Gasteiger partial charge in [-0.3, -0.25) is 19.8 Å². The van der Waals surface area contributed by atoms with Crippen LogP contribution in [0.5, 0.6) is 0 Å². The molecule has 0 unspecified atom stereocenters. The molecular formula is C14H21N3O4. The minimum Gasteiger partial charge on any atom is -0.481 e. The molecule has 1 aliphatic heterocycles. The second-order valence-electron chi connectivity index (χ2n) is 6.53. The highest BCUT2D eigenvalue weighted by Crippen LogP contribution is 2.24. The average Bonchev–Trinajstić information content (AvgIpc) is 2.73. The number of aliphatic carboxylic acids is 1. The van der Waals surface area contributed by atoms with Gasteiger partial charge in [0.25, 0.3) is 0 Å². The maximum absolute atomic E-state index is 11.8. The highest BCUT2D eigenvalue weighted by atomic mass is 16.5. The van der Waals surface area contributed by atoms with Crippen molar-refractivity contribution in [2.45, 2.75) is 32.6 Å². The minimum absolute atomic E-state index is 0.131. The second-order valence-corrected chi connectivity index (χ2v) is 6.53. The van der Waals surface area contributed by atoms with Crippen LogP contribution in [0.4, 0.5) is 5.88 Å². The molecule has 2 rings (SSSR count). The molecule has 0 atom stereocenters. The molecule has 1 aromatic rings. The Morgan fingerprint density at radius 2 is 2.14 bits per heavy atom. The summed E-state index contributed by atoms with van der Waals surface area (Å²) in [4.78, 5) is 24.3. The van der Waals surface area contributed by atoms with Gasteiger partial charge in [0.1, 0.15) is 0 Å². The van der Waals surface area contributed by atoms with Crippen molar-refractivity contribution in [3.8, 4) is 0 Å². The lowest BCUT2D eigenvalue weighted by Gasteiger charge is -2.37. The molecule has 1 fully saturated rings. The number of hydrogen-bond donors (Lipinski definition) is 2. The lowest BCUT2D eigenvalue weighted by atomic mass is 9.92. The summed E-state index contributed by atoms with van der Waals surface area (Å²) < 4.78 is 5.09. The van der Waals surface area contributed by atoms with Gasteiger partial charge in [0.05, 0.1) is 18.7 Å². The third kappa shape index (κ3) is 4.29. The first-order valence-electron chi connectivity index (χ1n) is 6.95. The van der Waals surface area contributed by atoms with E-state index in [1.807, 2.05) is 25.7 Å². The number of hydrogen-bond acceptors (Lipinski definition) is 5. The number of carboxylic acids is 1. The molecule has 0 spiro atoms. The Morgan fingerprint density at radius 1 is 1.48 bits per heavy atom. The number of anilines is 1. The van der Waals surface area contributed by atoms with E-state index in [1.165, 1.54) is 0 Å². The summed E-state index contributed by atoms with van der Waals surface area (Å²) in [7, 11) is 0. The topological polar surface area (TPSA) is 95.7 Å². The van der Waals surface area contributed by atoms with Gasteiger partial charge in [0, 0.05) is 24.6 Å². The lowest BCUT2D eigenvalue weighted by Crippen LogP contribution is -2.50. The van der Waals surface area contributed by atoms with Gasteiger partial charge < -0.3 is 9.63 Å². The first-order valence-corrected chi connectivity index (χ1v) is 6.95. The Bertz CT molecular complexity index is 527. The summed E-state index contributed by atoms with van der Waals surface area (Å²) in [5, 5.41) is 15.3. The largest absolute Gasteiger partial charge is 0.481 e. The van der Waals surface area contributed by atoms with Crippen LogP contribution in [0.3, 0.4) is 0 Å². The summed E-state index contributed by atoms with van der Waals surface area (Å²) >= 11 is 0. The zero-order valence-electron chi connectivity index (χ0n) is 12.5. The van der Waals surface area contributed by atoms with Gasteiger partial charge in [0.15, 0.2) is 0 Å². The number of aromatic nitrogens is 1. The average molecular weight is 295 g/mol. The van der Waals surface area contributed by atoms with Gasteiger partial charge >= 0.3 is 5.97 Å². The Hall–Kier alpha value is -1.89. The SMILES string of the molecule is CC(C)(C)c1cc(NC(=O)CN2CC(CC(=O)O)C2)on1. The van der Waals surface area contributed by atoms with Crippen LogP contribution in [-0.2, 0) is 15.0 Å². The number of amides is 1. The first kappa shape index (κ1) is 15.5. The number of rotatable bonds is 5. The van der Waals surface area contributed by atoms with Crippen molar-refractivity contribution in [3.05, 3.63) is 11.8 Å². The molecule has 2 N–H and O–H groups in total. The molecule has 0 aliphatic carbocycles. The Balaban J connectivity index is 1.76. The summed E-state index contributed by atoms with van der Waals surface area (Å²) in [6.07, 6.45) is 0.162. The number of nitrogens with zero attached hydrogens (tertiary/aromatic N) is 2. The van der Waals surface area contributed by atoms with Crippen molar-refractivity contribution in [1.29, 1.82) is 0 Å². The van der Waals surface area contributed by atoms with Crippen LogP contribution >= 0.6 is 0 Å². The molecule has 1 aromatic heterocycles. The summed E-state index contributed by atoms with van der Waals surface area (Å²) in [6, 6.07) is 1.72. The monoisotopic (exact) mass is 295 g/mol. The predicted molar refractivity (Wildman–Crippen MR) is 76.0 cm³/mol. The molecule has 116 valence electrons. The molecule has 0 radical (unpaired) electrons. The van der Waals surface area contributed by atoms with Crippen molar-refractivity contribution in [2.24, 2.45) is 5.92 Å². The first-order chi connectivity index (χ1) is 9.74. The van der Waals surface area contributed by atoms with Crippen molar-refractivity contribution in [2.75, 3.05) is 25.0 Å². The number of nitrogens with one attached hydrogen (secondary N) is 1. The summed E-state index contributed by atoms with van der Waals surface area (Å²) in [5.74, 6) is -0.485. The summed E-state index contributed by atoms with van der Waals surface area (Å²) in [5.41, 5.74) is 0.650. The van der Waals surface area contributed by atoms with Gasteiger partial charge in [-0.15, -0.1) is 0 Å². The second kappa shape index (κ2) is 5.85. The van der Waals surface area contributed by atoms with Crippen LogP contribution in [-0.4, -0.2) is 46.7 Å². The molecule has 21 heavy (non-hydrogen) atoms. The van der Waals surface area contributed by atoms with E-state index in [2.05, 4.69) is 10.5 Å². The third-order valence-corrected chi connectivity index (χ3v) is 3.40. The van der Waals surface area contributed by atoms with E-state index in [4.69, 9.17) is 9.63 Å². The van der Waals surface area contributed by atoms with Crippen LogP contribution in [0, 0.1) is 5.92 Å². The van der Waals surface area contributed by atoms with E-state index in [0.29, 0.717) is 19.0 Å². The molecule has 1 saturated heterocycles. The molecule has 0 aromatic carbocycles. The minimum atomic E-state index is -0.791. The lowest BCUT2D eigenvalue weighted by molar-refractivity contribution is -0.139. The Labute approximate surface area is 123 Å². The molecule has 7 nitrogen and oxygen atoms in total. The molecule has 2 heterocycles. The zero-order valence-corrected chi connectivity index (χ0v) is 12.5. The molecule has 1 aliphatic rings. The number of likely N-dealkylation sites (tertiary alicyclic amines) is 1. The zero-order chi connectivity index (χ0) is 15.6. The van der Waals surface area contributed by atoms with Gasteiger partial charge in [-0.2, -0.15) is 0 Å². The maximum Gasteiger partial charge on any atom is 0.303 e. The van der Waals surface area contributed by atoms with E-state index >= 15 is 0 Å². The highest BCUT2D eigenvalue weighted by Gasteiger charge is 2.30. The fraction of sp³-hybridized carbons (Fsp3) is 0.643. The predicted octanol–water partition coefficient (Wildman–Crippen LogP) is 1.32. The van der Waals surface area contributed by atoms with E-state index in [9.17, 15) is 9.59 Å². The number of carbonyl (C=O) groups excluding carboxylic acids is 1. The van der Waals surface area contributed by atoms with Crippen molar-refractivity contribution in [3.63, 3.8) is 0 Å². The van der Waals surface area contributed by atoms with Crippen LogP contribution in [0.2, 0.25) is 0 Å². The Kier molecular flexibility index (Phi) is 4.32. The summed E-state index contributed by atoms with van der Waals surface area (Å²) in [6.45, 7) is 7.56.